The lowest BCUT2D eigenvalue weighted by atomic mass is 10.2. The first-order valence-electron chi connectivity index (χ1n) is 5.65. The minimum absolute atomic E-state index is 0.0591. The van der Waals surface area contributed by atoms with Crippen LogP contribution in [0.2, 0.25) is 0 Å². The fraction of sp³-hybridized carbons (Fsp3) is 0.417. The molecule has 0 saturated carbocycles. The van der Waals surface area contributed by atoms with E-state index < -0.39 is 5.97 Å². The highest BCUT2D eigenvalue weighted by Crippen LogP contribution is 2.11. The smallest absolute Gasteiger partial charge is 0.321 e. The van der Waals surface area contributed by atoms with Crippen LogP contribution in [0.25, 0.3) is 0 Å². The molecular weight excluding hydrogens is 234 g/mol. The Hall–Kier alpha value is -2.11. The molecule has 0 aliphatic carbocycles. The number of hydrogen-bond acceptors (Lipinski definition) is 3. The van der Waals surface area contributed by atoms with E-state index in [1.807, 2.05) is 6.92 Å². The van der Waals surface area contributed by atoms with Gasteiger partial charge in [0.25, 0.3) is 0 Å². The maximum Gasteiger partial charge on any atom is 0.321 e. The van der Waals surface area contributed by atoms with Gasteiger partial charge < -0.3 is 15.3 Å². The van der Waals surface area contributed by atoms with Gasteiger partial charge in [0.2, 0.25) is 0 Å². The van der Waals surface area contributed by atoms with Crippen LogP contribution in [0, 0.1) is 6.92 Å². The zero-order chi connectivity index (χ0) is 13.5. The first kappa shape index (κ1) is 14.0. The lowest BCUT2D eigenvalue weighted by Gasteiger charge is -2.18. The number of carboxylic acids is 1. The summed E-state index contributed by atoms with van der Waals surface area (Å²) in [6.45, 7) is 2.28. The van der Waals surface area contributed by atoms with Crippen molar-refractivity contribution in [3.05, 3.63) is 24.0 Å². The Labute approximate surface area is 106 Å². The molecule has 0 unspecified atom stereocenters. The first-order chi connectivity index (χ1) is 8.50. The van der Waals surface area contributed by atoms with Crippen molar-refractivity contribution in [2.45, 2.75) is 19.8 Å². The summed E-state index contributed by atoms with van der Waals surface area (Å²) in [4.78, 5) is 27.5. The number of anilines is 1. The molecule has 98 valence electrons. The molecule has 0 fully saturated rings. The van der Waals surface area contributed by atoms with Crippen LogP contribution in [0.15, 0.2) is 18.5 Å². The van der Waals surface area contributed by atoms with Gasteiger partial charge in [-0.2, -0.15) is 0 Å². The third-order valence-corrected chi connectivity index (χ3v) is 2.51. The highest BCUT2D eigenvalue weighted by Gasteiger charge is 2.10. The van der Waals surface area contributed by atoms with Crippen LogP contribution in [0.4, 0.5) is 10.5 Å². The van der Waals surface area contributed by atoms with Crippen molar-refractivity contribution >= 4 is 17.7 Å². The summed E-state index contributed by atoms with van der Waals surface area (Å²) in [6.07, 6.45) is 3.73. The second-order valence-corrected chi connectivity index (χ2v) is 4.04. The maximum absolute atomic E-state index is 11.8. The Morgan fingerprint density at radius 1 is 1.50 bits per heavy atom. The Balaban J connectivity index is 2.45. The summed E-state index contributed by atoms with van der Waals surface area (Å²) in [5.41, 5.74) is 1.59. The number of urea groups is 1. The zero-order valence-corrected chi connectivity index (χ0v) is 10.5. The lowest BCUT2D eigenvalue weighted by Crippen LogP contribution is -2.32. The molecule has 1 aromatic rings. The van der Waals surface area contributed by atoms with E-state index in [1.165, 1.54) is 4.90 Å². The number of aromatic nitrogens is 1. The molecule has 0 spiro atoms. The molecule has 18 heavy (non-hydrogen) atoms. The number of nitrogens with one attached hydrogen (secondary N) is 1. The molecule has 2 amide bonds. The van der Waals surface area contributed by atoms with Gasteiger partial charge in [-0.05, 0) is 25.0 Å². The third-order valence-electron chi connectivity index (χ3n) is 2.51. The van der Waals surface area contributed by atoms with Gasteiger partial charge in [0, 0.05) is 26.2 Å². The summed E-state index contributed by atoms with van der Waals surface area (Å²) < 4.78 is 0. The molecule has 0 saturated heterocycles. The van der Waals surface area contributed by atoms with Gasteiger partial charge in [0.15, 0.2) is 0 Å². The average molecular weight is 251 g/mol. The van der Waals surface area contributed by atoms with Crippen LogP contribution in [-0.4, -0.2) is 40.6 Å². The third kappa shape index (κ3) is 4.40. The normalized spacial score (nSPS) is 9.89. The highest BCUT2D eigenvalue weighted by molar-refractivity contribution is 5.89. The Morgan fingerprint density at radius 3 is 2.83 bits per heavy atom. The van der Waals surface area contributed by atoms with E-state index in [-0.39, 0.29) is 12.5 Å². The number of nitrogens with zero attached hydrogens (tertiary/aromatic N) is 2. The van der Waals surface area contributed by atoms with Crippen molar-refractivity contribution in [2.24, 2.45) is 0 Å². The zero-order valence-electron chi connectivity index (χ0n) is 10.5. The molecule has 1 rings (SSSR count). The van der Waals surface area contributed by atoms with E-state index >= 15 is 0 Å². The number of aryl methyl sites for hydroxylation is 1. The van der Waals surface area contributed by atoms with Gasteiger partial charge in [-0.15, -0.1) is 0 Å². The molecular formula is C12H17N3O3. The summed E-state index contributed by atoms with van der Waals surface area (Å²) >= 11 is 0. The minimum Gasteiger partial charge on any atom is -0.481 e. The van der Waals surface area contributed by atoms with Gasteiger partial charge in [-0.25, -0.2) is 4.79 Å². The molecule has 1 aromatic heterocycles. The monoisotopic (exact) mass is 251 g/mol. The van der Waals surface area contributed by atoms with Crippen LogP contribution in [0.3, 0.4) is 0 Å². The molecule has 0 aliphatic heterocycles. The van der Waals surface area contributed by atoms with Crippen LogP contribution < -0.4 is 5.32 Å². The molecule has 2 N–H and O–H groups in total. The first-order valence-corrected chi connectivity index (χ1v) is 5.65. The predicted molar refractivity (Wildman–Crippen MR) is 67.5 cm³/mol. The number of amides is 2. The van der Waals surface area contributed by atoms with E-state index in [0.717, 1.165) is 5.56 Å². The van der Waals surface area contributed by atoms with Crippen LogP contribution in [-0.2, 0) is 4.79 Å². The molecule has 0 atom stereocenters. The Bertz CT molecular complexity index is 434. The summed E-state index contributed by atoms with van der Waals surface area (Å²) in [5.74, 6) is -0.855. The quantitative estimate of drug-likeness (QED) is 0.834. The number of pyridine rings is 1. The standard InChI is InChI=1S/C12H17N3O3/c1-9-5-6-13-8-10(9)14-12(18)15(2)7-3-4-11(16)17/h5-6,8H,3-4,7H2,1-2H3,(H,14,18)(H,16,17). The van der Waals surface area contributed by atoms with Gasteiger partial charge in [-0.3, -0.25) is 9.78 Å². The largest absolute Gasteiger partial charge is 0.481 e. The fourth-order valence-corrected chi connectivity index (χ4v) is 1.37. The molecule has 6 nitrogen and oxygen atoms in total. The van der Waals surface area contributed by atoms with Crippen molar-refractivity contribution < 1.29 is 14.7 Å². The fourth-order valence-electron chi connectivity index (χ4n) is 1.37. The lowest BCUT2D eigenvalue weighted by molar-refractivity contribution is -0.137. The summed E-state index contributed by atoms with van der Waals surface area (Å²) in [5, 5.41) is 11.2. The van der Waals surface area contributed by atoms with Gasteiger partial charge >= 0.3 is 12.0 Å². The van der Waals surface area contributed by atoms with E-state index in [9.17, 15) is 9.59 Å². The van der Waals surface area contributed by atoms with E-state index in [1.54, 1.807) is 25.5 Å². The van der Waals surface area contributed by atoms with Crippen molar-refractivity contribution in [1.29, 1.82) is 0 Å². The van der Waals surface area contributed by atoms with Crippen molar-refractivity contribution in [3.63, 3.8) is 0 Å². The summed E-state index contributed by atoms with van der Waals surface area (Å²) in [6, 6.07) is 1.54. The van der Waals surface area contributed by atoms with Crippen LogP contribution in [0.1, 0.15) is 18.4 Å². The summed E-state index contributed by atoms with van der Waals surface area (Å²) in [7, 11) is 1.63. The molecule has 1 heterocycles. The predicted octanol–water partition coefficient (Wildman–Crippen LogP) is 1.72. The number of carbonyl (C=O) groups excluding carboxylic acids is 1. The van der Waals surface area contributed by atoms with E-state index in [4.69, 9.17) is 5.11 Å². The Kier molecular flexibility index (Phi) is 5.10. The maximum atomic E-state index is 11.8. The minimum atomic E-state index is -0.855. The molecule has 6 heteroatoms. The molecule has 0 radical (unpaired) electrons. The molecule has 0 aliphatic rings. The highest BCUT2D eigenvalue weighted by atomic mass is 16.4. The number of carboxylic acid groups (broad SMARTS) is 1. The van der Waals surface area contributed by atoms with Crippen molar-refractivity contribution in [3.8, 4) is 0 Å². The van der Waals surface area contributed by atoms with Crippen LogP contribution >= 0.6 is 0 Å². The number of carbonyl (C=O) groups is 2. The van der Waals surface area contributed by atoms with Gasteiger partial charge in [0.05, 0.1) is 11.9 Å². The van der Waals surface area contributed by atoms with Crippen LogP contribution in [0.5, 0.6) is 0 Å². The number of hydrogen-bond donors (Lipinski definition) is 2. The van der Waals surface area contributed by atoms with E-state index in [0.29, 0.717) is 18.7 Å². The van der Waals surface area contributed by atoms with Crippen molar-refractivity contribution in [1.82, 2.24) is 9.88 Å². The van der Waals surface area contributed by atoms with Gasteiger partial charge in [-0.1, -0.05) is 0 Å². The second-order valence-electron chi connectivity index (χ2n) is 4.04. The SMILES string of the molecule is Cc1ccncc1NC(=O)N(C)CCCC(=O)O. The second kappa shape index (κ2) is 6.58. The topological polar surface area (TPSA) is 82.5 Å². The number of rotatable bonds is 5. The average Bonchev–Trinajstić information content (AvgIpc) is 2.31. The van der Waals surface area contributed by atoms with Crippen molar-refractivity contribution in [2.75, 3.05) is 18.9 Å². The Morgan fingerprint density at radius 2 is 2.22 bits per heavy atom. The van der Waals surface area contributed by atoms with Gasteiger partial charge in [0.1, 0.15) is 0 Å². The molecule has 0 aromatic carbocycles. The van der Waals surface area contributed by atoms with E-state index in [2.05, 4.69) is 10.3 Å². The number of aliphatic carboxylic acids is 1. The molecule has 0 bridgehead atoms.